The Morgan fingerprint density at radius 2 is 1.79 bits per heavy atom. The molecule has 0 fully saturated rings. The molecule has 0 aliphatic rings. The number of benzene rings is 1. The van der Waals surface area contributed by atoms with Crippen molar-refractivity contribution in [2.75, 3.05) is 19.8 Å². The van der Waals surface area contributed by atoms with Crippen LogP contribution in [-0.4, -0.2) is 40.7 Å². The zero-order valence-corrected chi connectivity index (χ0v) is 17.5. The van der Waals surface area contributed by atoms with Crippen LogP contribution in [0.1, 0.15) is 36.8 Å². The number of carbonyl (C=O) groups is 1. The van der Waals surface area contributed by atoms with Crippen molar-refractivity contribution in [2.45, 2.75) is 27.3 Å². The van der Waals surface area contributed by atoms with Crippen molar-refractivity contribution in [1.82, 2.24) is 20.3 Å². The Balaban J connectivity index is 1.75. The fourth-order valence-corrected chi connectivity index (χ4v) is 3.31. The van der Waals surface area contributed by atoms with Crippen molar-refractivity contribution in [3.05, 3.63) is 46.4 Å². The Morgan fingerprint density at radius 1 is 1.10 bits per heavy atom. The quantitative estimate of drug-likeness (QED) is 0.545. The van der Waals surface area contributed by atoms with Gasteiger partial charge in [-0.25, -0.2) is 4.68 Å². The molecule has 3 aromatic rings. The zero-order valence-electron chi connectivity index (χ0n) is 16.7. The molecular weight excluding hydrogens is 392 g/mol. The fraction of sp³-hybridized carbons (Fsp3) is 0.350. The van der Waals surface area contributed by atoms with Gasteiger partial charge in [0.15, 0.2) is 11.5 Å². The number of ether oxygens (including phenoxy) is 3. The van der Waals surface area contributed by atoms with Crippen LogP contribution in [0.2, 0.25) is 0 Å². The van der Waals surface area contributed by atoms with Gasteiger partial charge in [0.25, 0.3) is 5.91 Å². The van der Waals surface area contributed by atoms with Crippen LogP contribution < -0.4 is 19.5 Å². The second-order valence-corrected chi connectivity index (χ2v) is 6.70. The highest BCUT2D eigenvalue weighted by Gasteiger charge is 2.18. The lowest BCUT2D eigenvalue weighted by Gasteiger charge is -2.17. The third kappa shape index (κ3) is 5.05. The van der Waals surface area contributed by atoms with Crippen LogP contribution in [0.4, 0.5) is 0 Å². The predicted octanol–water partition coefficient (Wildman–Crippen LogP) is 3.45. The first-order valence-electron chi connectivity index (χ1n) is 9.44. The van der Waals surface area contributed by atoms with E-state index in [1.807, 2.05) is 37.6 Å². The second-order valence-electron chi connectivity index (χ2n) is 5.92. The van der Waals surface area contributed by atoms with Crippen LogP contribution in [-0.2, 0) is 6.54 Å². The Labute approximate surface area is 173 Å². The molecule has 0 aliphatic heterocycles. The van der Waals surface area contributed by atoms with E-state index in [4.69, 9.17) is 14.2 Å². The van der Waals surface area contributed by atoms with Gasteiger partial charge in [0.2, 0.25) is 5.75 Å². The number of rotatable bonds is 10. The first kappa shape index (κ1) is 20.7. The third-order valence-corrected chi connectivity index (χ3v) is 4.58. The fourth-order valence-electron chi connectivity index (χ4n) is 2.69. The highest BCUT2D eigenvalue weighted by Crippen LogP contribution is 2.39. The van der Waals surface area contributed by atoms with E-state index in [0.717, 1.165) is 5.69 Å². The molecule has 0 saturated heterocycles. The maximum atomic E-state index is 12.7. The molecule has 29 heavy (non-hydrogen) atoms. The lowest BCUT2D eigenvalue weighted by atomic mass is 10.1. The number of carbonyl (C=O) groups excluding carboxylic acids is 1. The first-order valence-corrected chi connectivity index (χ1v) is 10.4. The molecule has 1 amide bonds. The van der Waals surface area contributed by atoms with Crippen LogP contribution in [0.5, 0.6) is 17.2 Å². The zero-order chi connectivity index (χ0) is 20.6. The smallest absolute Gasteiger partial charge is 0.251 e. The summed E-state index contributed by atoms with van der Waals surface area (Å²) in [6.07, 6.45) is 1.79. The first-order chi connectivity index (χ1) is 14.2. The van der Waals surface area contributed by atoms with E-state index in [2.05, 4.69) is 15.6 Å². The summed E-state index contributed by atoms with van der Waals surface area (Å²) in [6, 6.07) is 5.27. The molecule has 0 radical (unpaired) electrons. The summed E-state index contributed by atoms with van der Waals surface area (Å²) >= 11 is 1.58. The number of thiophene rings is 1. The molecule has 0 saturated carbocycles. The molecule has 3 rings (SSSR count). The van der Waals surface area contributed by atoms with E-state index >= 15 is 0 Å². The predicted molar refractivity (Wildman–Crippen MR) is 110 cm³/mol. The average molecular weight is 417 g/mol. The summed E-state index contributed by atoms with van der Waals surface area (Å²) in [4.78, 5) is 12.7. The second kappa shape index (κ2) is 9.92. The summed E-state index contributed by atoms with van der Waals surface area (Å²) in [5, 5.41) is 15.0. The van der Waals surface area contributed by atoms with Crippen molar-refractivity contribution in [3.63, 3.8) is 0 Å². The maximum absolute atomic E-state index is 12.7. The van der Waals surface area contributed by atoms with Gasteiger partial charge in [0, 0.05) is 10.9 Å². The van der Waals surface area contributed by atoms with Gasteiger partial charge in [-0.15, -0.1) is 5.10 Å². The van der Waals surface area contributed by atoms with Gasteiger partial charge < -0.3 is 19.5 Å². The number of hydrogen-bond acceptors (Lipinski definition) is 7. The average Bonchev–Trinajstić information content (AvgIpc) is 3.40. The number of hydrogen-bond donors (Lipinski definition) is 1. The Bertz CT molecular complexity index is 913. The van der Waals surface area contributed by atoms with Crippen LogP contribution in [0.3, 0.4) is 0 Å². The lowest BCUT2D eigenvalue weighted by Crippen LogP contribution is -2.23. The monoisotopic (exact) mass is 416 g/mol. The molecule has 0 spiro atoms. The highest BCUT2D eigenvalue weighted by molar-refractivity contribution is 7.08. The minimum atomic E-state index is -0.264. The SMILES string of the molecule is CCOc1cc(C(=O)NCc2cn(-c3ccsc3)nn2)cc(OCC)c1OCC. The number of nitrogens with one attached hydrogen (secondary N) is 1. The highest BCUT2D eigenvalue weighted by atomic mass is 32.1. The summed E-state index contributed by atoms with van der Waals surface area (Å²) in [6.45, 7) is 7.25. The summed E-state index contributed by atoms with van der Waals surface area (Å²) in [5.74, 6) is 1.20. The molecular formula is C20H24N4O4S. The van der Waals surface area contributed by atoms with Gasteiger partial charge >= 0.3 is 0 Å². The molecule has 1 aromatic carbocycles. The van der Waals surface area contributed by atoms with Crippen LogP contribution >= 0.6 is 11.3 Å². The third-order valence-electron chi connectivity index (χ3n) is 3.91. The number of aromatic nitrogens is 3. The van der Waals surface area contributed by atoms with Crippen molar-refractivity contribution >= 4 is 17.2 Å². The van der Waals surface area contributed by atoms with Gasteiger partial charge in [0.1, 0.15) is 5.69 Å². The van der Waals surface area contributed by atoms with E-state index in [0.29, 0.717) is 48.3 Å². The van der Waals surface area contributed by atoms with Crippen molar-refractivity contribution < 1.29 is 19.0 Å². The van der Waals surface area contributed by atoms with Crippen LogP contribution in [0.15, 0.2) is 35.2 Å². The molecule has 154 valence electrons. The van der Waals surface area contributed by atoms with Gasteiger partial charge in [-0.05, 0) is 44.4 Å². The maximum Gasteiger partial charge on any atom is 0.251 e. The van der Waals surface area contributed by atoms with E-state index in [-0.39, 0.29) is 12.5 Å². The molecule has 2 heterocycles. The van der Waals surface area contributed by atoms with E-state index in [9.17, 15) is 4.79 Å². The molecule has 0 unspecified atom stereocenters. The van der Waals surface area contributed by atoms with Gasteiger partial charge in [0.05, 0.1) is 38.2 Å². The molecule has 0 atom stereocenters. The summed E-state index contributed by atoms with van der Waals surface area (Å²) in [7, 11) is 0. The van der Waals surface area contributed by atoms with Crippen molar-refractivity contribution in [1.29, 1.82) is 0 Å². The molecule has 2 aromatic heterocycles. The van der Waals surface area contributed by atoms with E-state index in [1.54, 1.807) is 34.3 Å². The van der Waals surface area contributed by atoms with Crippen LogP contribution in [0, 0.1) is 0 Å². The van der Waals surface area contributed by atoms with Gasteiger partial charge in [-0.3, -0.25) is 4.79 Å². The Hall–Kier alpha value is -3.07. The summed E-state index contributed by atoms with van der Waals surface area (Å²) in [5.41, 5.74) is 2.02. The van der Waals surface area contributed by atoms with Crippen LogP contribution in [0.25, 0.3) is 5.69 Å². The van der Waals surface area contributed by atoms with Crippen molar-refractivity contribution in [2.24, 2.45) is 0 Å². The molecule has 0 aliphatic carbocycles. The topological polar surface area (TPSA) is 87.5 Å². The minimum absolute atomic E-state index is 0.254. The Morgan fingerprint density at radius 3 is 2.38 bits per heavy atom. The number of amides is 1. The molecule has 0 bridgehead atoms. The number of nitrogens with zero attached hydrogens (tertiary/aromatic N) is 3. The van der Waals surface area contributed by atoms with Gasteiger partial charge in [-0.1, -0.05) is 5.21 Å². The van der Waals surface area contributed by atoms with E-state index < -0.39 is 0 Å². The molecule has 1 N–H and O–H groups in total. The van der Waals surface area contributed by atoms with Gasteiger partial charge in [-0.2, -0.15) is 11.3 Å². The standard InChI is InChI=1S/C20H24N4O4S/c1-4-26-17-9-14(10-18(27-5-2)19(17)28-6-3)20(25)21-11-15-12-24(23-22-15)16-7-8-29-13-16/h7-10,12-13H,4-6,11H2,1-3H3,(H,21,25). The minimum Gasteiger partial charge on any atom is -0.490 e. The molecule has 9 heteroatoms. The summed E-state index contributed by atoms with van der Waals surface area (Å²) < 4.78 is 18.7. The normalized spacial score (nSPS) is 10.6. The lowest BCUT2D eigenvalue weighted by molar-refractivity contribution is 0.0949. The van der Waals surface area contributed by atoms with Crippen molar-refractivity contribution in [3.8, 4) is 22.9 Å². The van der Waals surface area contributed by atoms with E-state index in [1.165, 1.54) is 0 Å². The largest absolute Gasteiger partial charge is 0.490 e. The Kier molecular flexibility index (Phi) is 7.07. The molecule has 8 nitrogen and oxygen atoms in total.